The van der Waals surface area contributed by atoms with E-state index < -0.39 is 103 Å². The molecule has 20 aromatic rings. The summed E-state index contributed by atoms with van der Waals surface area (Å²) in [6.45, 7) is 4.36. The molecule has 18 heteroatoms. The lowest BCUT2D eigenvalue weighted by atomic mass is 9.62. The third kappa shape index (κ3) is 11.9. The van der Waals surface area contributed by atoms with Crippen LogP contribution in [0.5, 0.6) is 0 Å². The Morgan fingerprint density at radius 2 is 0.569 bits per heavy atom. The third-order valence-electron chi connectivity index (χ3n) is 25.7. The van der Waals surface area contributed by atoms with Crippen molar-refractivity contribution in [1.29, 1.82) is 0 Å². The molecule has 1 fully saturated rings. The van der Waals surface area contributed by atoms with E-state index in [1.165, 1.54) is 48.5 Å². The lowest BCUT2D eigenvalue weighted by Crippen LogP contribution is -2.32. The molecule has 21 rings (SSSR count). The highest BCUT2D eigenvalue weighted by molar-refractivity contribution is 6.14. The lowest BCUT2D eigenvalue weighted by Gasteiger charge is -2.42. The first-order chi connectivity index (χ1) is 59.5. The lowest BCUT2D eigenvalue weighted by molar-refractivity contribution is 0.315. The number of aromatic nitrogens is 4. The number of hydrogen-bond donors (Lipinski definition) is 0. The van der Waals surface area contributed by atoms with Gasteiger partial charge in [-0.1, -0.05) is 166 Å². The SMILES string of the molecule is CC(C)(c1ccc(-n2c3ccccc3c3cc(-c4ccc(F)cc4F)ccc32)cc1)c1ccc(-n2c3ccc(-c4ccc(F)cc4F)cc3c3ccc(C4CCC(c5ccc(-n6c7ccccc7c7ccc(-c8c(F)c(F)c(F)c(F)c8F)cc76)cc5)(c5ccc(-n6c7ccccc7c7ccc(-c8c(F)c(F)c(F)c(F)c8F)cc76)cc5)CC4)cc32)cc1. The maximum Gasteiger partial charge on any atom is 0.200 e. The molecule has 0 amide bonds. The van der Waals surface area contributed by atoms with Crippen molar-refractivity contribution in [3.05, 3.63) is 407 Å². The molecular weight excluding hydrogens is 1580 g/mol. The highest BCUT2D eigenvalue weighted by atomic mass is 19.2. The molecule has 1 saturated carbocycles. The zero-order valence-electron chi connectivity index (χ0n) is 65.3. The summed E-state index contributed by atoms with van der Waals surface area (Å²) in [6.07, 6.45) is 2.51. The fourth-order valence-corrected chi connectivity index (χ4v) is 19.4. The predicted molar refractivity (Wildman–Crippen MR) is 458 cm³/mol. The van der Waals surface area contributed by atoms with Crippen LogP contribution in [0.15, 0.2) is 297 Å². The molecule has 0 spiro atoms. The minimum absolute atomic E-state index is 0.0124. The van der Waals surface area contributed by atoms with Gasteiger partial charge in [-0.05, 0) is 215 Å². The average Bonchev–Trinajstić information content (AvgIpc) is 1.62. The Morgan fingerprint density at radius 1 is 0.260 bits per heavy atom. The normalized spacial score (nSPS) is 13.4. The molecule has 0 bridgehead atoms. The fourth-order valence-electron chi connectivity index (χ4n) is 19.4. The maximum atomic E-state index is 15.8. The van der Waals surface area contributed by atoms with Crippen molar-refractivity contribution in [1.82, 2.24) is 18.3 Å². The van der Waals surface area contributed by atoms with Crippen LogP contribution >= 0.6 is 0 Å². The van der Waals surface area contributed by atoms with Crippen LogP contribution in [0.4, 0.5) is 61.5 Å². The van der Waals surface area contributed by atoms with E-state index >= 15 is 26.3 Å². The van der Waals surface area contributed by atoms with Crippen molar-refractivity contribution < 1.29 is 61.5 Å². The van der Waals surface area contributed by atoms with Crippen molar-refractivity contribution in [2.24, 2.45) is 0 Å². The smallest absolute Gasteiger partial charge is 0.200 e. The summed E-state index contributed by atoms with van der Waals surface area (Å²) >= 11 is 0. The summed E-state index contributed by atoms with van der Waals surface area (Å²) in [5.41, 5.74) is 11.8. The second-order valence-electron chi connectivity index (χ2n) is 32.4. The molecule has 0 radical (unpaired) electrons. The van der Waals surface area contributed by atoms with E-state index in [0.717, 1.165) is 106 Å². The van der Waals surface area contributed by atoms with Gasteiger partial charge in [0.15, 0.2) is 46.5 Å². The third-order valence-corrected chi connectivity index (χ3v) is 25.7. The van der Waals surface area contributed by atoms with Crippen LogP contribution in [0.3, 0.4) is 0 Å². The Bertz CT molecular complexity index is 7530. The summed E-state index contributed by atoms with van der Waals surface area (Å²) in [7, 11) is 0. The average molecular weight is 1650 g/mol. The molecular formula is C105H64F14N4. The summed E-state index contributed by atoms with van der Waals surface area (Å²) in [4.78, 5) is 0. The van der Waals surface area contributed by atoms with E-state index in [4.69, 9.17) is 0 Å². The number of para-hydroxylation sites is 3. The predicted octanol–water partition coefficient (Wildman–Crippen LogP) is 29.7. The second-order valence-corrected chi connectivity index (χ2v) is 32.4. The van der Waals surface area contributed by atoms with E-state index in [9.17, 15) is 35.1 Å². The zero-order valence-corrected chi connectivity index (χ0v) is 65.3. The maximum absolute atomic E-state index is 15.8. The Kier molecular flexibility index (Phi) is 17.8. The molecule has 16 aromatic carbocycles. The molecule has 4 heterocycles. The Morgan fingerprint density at radius 3 is 0.959 bits per heavy atom. The van der Waals surface area contributed by atoms with Crippen LogP contribution < -0.4 is 0 Å². The quantitative estimate of drug-likeness (QED) is 0.0623. The van der Waals surface area contributed by atoms with Crippen molar-refractivity contribution in [3.63, 3.8) is 0 Å². The van der Waals surface area contributed by atoms with Gasteiger partial charge in [-0.3, -0.25) is 0 Å². The van der Waals surface area contributed by atoms with Gasteiger partial charge in [-0.25, -0.2) is 61.5 Å². The van der Waals surface area contributed by atoms with Gasteiger partial charge < -0.3 is 18.3 Å². The number of benzene rings is 16. The van der Waals surface area contributed by atoms with Gasteiger partial charge in [-0.15, -0.1) is 0 Å². The summed E-state index contributed by atoms with van der Waals surface area (Å²) in [6, 6.07) is 89.7. The number of fused-ring (bicyclic) bond motifs is 12. The zero-order chi connectivity index (χ0) is 84.5. The monoisotopic (exact) mass is 1650 g/mol. The molecule has 602 valence electrons. The van der Waals surface area contributed by atoms with Crippen LogP contribution in [0.25, 0.3) is 154 Å². The Hall–Kier alpha value is -14.3. The molecule has 1 aliphatic carbocycles. The first kappa shape index (κ1) is 76.2. The summed E-state index contributed by atoms with van der Waals surface area (Å²) in [5, 5.41) is 6.45. The molecule has 0 saturated heterocycles. The summed E-state index contributed by atoms with van der Waals surface area (Å²) in [5.74, 6) is -23.4. The number of halogens is 14. The van der Waals surface area contributed by atoms with Crippen LogP contribution in [0.1, 0.15) is 73.3 Å². The van der Waals surface area contributed by atoms with Crippen LogP contribution in [-0.2, 0) is 10.8 Å². The van der Waals surface area contributed by atoms with Gasteiger partial charge in [0.05, 0.1) is 55.3 Å². The molecule has 123 heavy (non-hydrogen) atoms. The fraction of sp³-hybridized carbons (Fsp3) is 0.0857. The van der Waals surface area contributed by atoms with Crippen molar-refractivity contribution >= 4 is 87.2 Å². The topological polar surface area (TPSA) is 19.7 Å². The van der Waals surface area contributed by atoms with Gasteiger partial charge in [-0.2, -0.15) is 0 Å². The Labute approximate surface area is 693 Å². The van der Waals surface area contributed by atoms with Gasteiger partial charge in [0, 0.05) is 99.9 Å². The van der Waals surface area contributed by atoms with Crippen molar-refractivity contribution in [3.8, 4) is 67.3 Å². The summed E-state index contributed by atoms with van der Waals surface area (Å²) < 4.78 is 219. The number of nitrogens with zero attached hydrogens (tertiary/aromatic N) is 4. The van der Waals surface area contributed by atoms with E-state index in [-0.39, 0.29) is 22.6 Å². The van der Waals surface area contributed by atoms with Crippen LogP contribution in [0, 0.1) is 81.4 Å². The standard InChI is InChI=1S/C105H64F14N4/c1-104(2,62-20-30-68(31-21-62)120-86-14-8-5-11-76(86)80-49-58(18-43-87(80)120)72-41-28-66(106)54-82(72)108)63-22-32-69(33-23-63)123-88-44-19-59(73-42-29-67(107)55-83(73)109)50-81(88)79-38-15-57(51-89(79)123)56-45-47-105(48-46-56,64-24-34-70(35-25-64)121-84-12-6-3-9-74(84)77-39-16-60(52-90(77)121)92-94(110)98(114)102(118)99(115)95(92)111)65-26-36-71(37-27-65)122-85-13-7-4-10-75(85)78-40-17-61(53-91(78)122)93-96(112)100(116)103(119)101(117)97(93)113/h3-44,49-56H,45-48H2,1-2H3. The number of rotatable bonds is 13. The molecule has 0 atom stereocenters. The minimum Gasteiger partial charge on any atom is -0.309 e. The van der Waals surface area contributed by atoms with Gasteiger partial charge >= 0.3 is 0 Å². The molecule has 4 aromatic heterocycles. The Balaban J connectivity index is 0.653. The van der Waals surface area contributed by atoms with E-state index in [2.05, 4.69) is 95.8 Å². The van der Waals surface area contributed by atoms with Crippen LogP contribution in [0.2, 0.25) is 0 Å². The van der Waals surface area contributed by atoms with Crippen molar-refractivity contribution in [2.75, 3.05) is 0 Å². The molecule has 1 aliphatic rings. The van der Waals surface area contributed by atoms with E-state index in [0.29, 0.717) is 86.6 Å². The highest BCUT2D eigenvalue weighted by Gasteiger charge is 2.40. The van der Waals surface area contributed by atoms with Gasteiger partial charge in [0.2, 0.25) is 11.6 Å². The van der Waals surface area contributed by atoms with Gasteiger partial charge in [0.1, 0.15) is 23.3 Å². The van der Waals surface area contributed by atoms with E-state index in [1.54, 1.807) is 12.1 Å². The first-order valence-corrected chi connectivity index (χ1v) is 40.1. The van der Waals surface area contributed by atoms with Crippen LogP contribution in [-0.4, -0.2) is 18.3 Å². The molecule has 0 N–H and O–H groups in total. The molecule has 0 unspecified atom stereocenters. The number of hydrogen-bond acceptors (Lipinski definition) is 0. The molecule has 0 aliphatic heterocycles. The molecule has 4 nitrogen and oxygen atoms in total. The van der Waals surface area contributed by atoms with Gasteiger partial charge in [0.25, 0.3) is 0 Å². The first-order valence-electron chi connectivity index (χ1n) is 40.1. The second kappa shape index (κ2) is 28.7. The minimum atomic E-state index is -2.27. The highest BCUT2D eigenvalue weighted by Crippen LogP contribution is 2.52. The van der Waals surface area contributed by atoms with E-state index in [1.807, 2.05) is 161 Å². The largest absolute Gasteiger partial charge is 0.309 e. The van der Waals surface area contributed by atoms with Crippen molar-refractivity contribution in [2.45, 2.75) is 56.3 Å².